The van der Waals surface area contributed by atoms with E-state index in [4.69, 9.17) is 4.74 Å². The fraction of sp³-hybridized carbons (Fsp3) is 0.0714. The maximum Gasteiger partial charge on any atom is 0.262 e. The fourth-order valence-electron chi connectivity index (χ4n) is 1.49. The topological polar surface area (TPSA) is 38.3 Å². The van der Waals surface area contributed by atoms with E-state index in [0.717, 1.165) is 0 Å². The molecule has 0 saturated heterocycles. The number of halogens is 3. The normalized spacial score (nSPS) is 10.2. The second kappa shape index (κ2) is 6.47. The van der Waals surface area contributed by atoms with Crippen molar-refractivity contribution in [2.45, 2.75) is 0 Å². The van der Waals surface area contributed by atoms with Gasteiger partial charge in [-0.3, -0.25) is 4.79 Å². The van der Waals surface area contributed by atoms with Crippen molar-refractivity contribution in [3.8, 4) is 5.75 Å². The molecule has 20 heavy (non-hydrogen) atoms. The Labute approximate surface area is 122 Å². The Morgan fingerprint density at radius 3 is 2.65 bits per heavy atom. The van der Waals surface area contributed by atoms with Crippen LogP contribution in [0.1, 0.15) is 0 Å². The van der Waals surface area contributed by atoms with E-state index < -0.39 is 17.5 Å². The molecule has 0 aliphatic heterocycles. The lowest BCUT2D eigenvalue weighted by Gasteiger charge is -2.09. The third kappa shape index (κ3) is 4.03. The number of hydrogen-bond donors (Lipinski definition) is 1. The average molecular weight is 342 g/mol. The second-order valence-corrected chi connectivity index (χ2v) is 4.78. The summed E-state index contributed by atoms with van der Waals surface area (Å²) in [4.78, 5) is 11.6. The zero-order valence-corrected chi connectivity index (χ0v) is 11.8. The smallest absolute Gasteiger partial charge is 0.262 e. The van der Waals surface area contributed by atoms with Gasteiger partial charge in [-0.25, -0.2) is 8.78 Å². The monoisotopic (exact) mass is 341 g/mol. The van der Waals surface area contributed by atoms with Gasteiger partial charge in [0.05, 0.1) is 4.47 Å². The molecule has 0 aliphatic carbocycles. The molecule has 0 atom stereocenters. The van der Waals surface area contributed by atoms with E-state index in [0.29, 0.717) is 10.2 Å². The SMILES string of the molecule is O=C(COc1cc(F)ccc1Br)Nc1cccc(F)c1. The van der Waals surface area contributed by atoms with Crippen molar-refractivity contribution in [1.82, 2.24) is 0 Å². The van der Waals surface area contributed by atoms with Crippen LogP contribution in [0.3, 0.4) is 0 Å². The molecule has 0 heterocycles. The number of carbonyl (C=O) groups excluding carboxylic acids is 1. The first kappa shape index (κ1) is 14.5. The number of carbonyl (C=O) groups is 1. The Kier molecular flexibility index (Phi) is 4.68. The van der Waals surface area contributed by atoms with Crippen molar-refractivity contribution in [2.75, 3.05) is 11.9 Å². The van der Waals surface area contributed by atoms with Gasteiger partial charge in [-0.1, -0.05) is 6.07 Å². The van der Waals surface area contributed by atoms with Crippen LogP contribution in [0, 0.1) is 11.6 Å². The van der Waals surface area contributed by atoms with Gasteiger partial charge in [0.15, 0.2) is 6.61 Å². The standard InChI is InChI=1S/C14H10BrF2NO2/c15-12-5-4-10(17)7-13(12)20-8-14(19)18-11-3-1-2-9(16)6-11/h1-7H,8H2,(H,18,19). The van der Waals surface area contributed by atoms with Crippen LogP contribution >= 0.6 is 15.9 Å². The highest BCUT2D eigenvalue weighted by molar-refractivity contribution is 9.10. The Bertz CT molecular complexity index is 634. The number of rotatable bonds is 4. The average Bonchev–Trinajstić information content (AvgIpc) is 2.40. The molecule has 0 spiro atoms. The van der Waals surface area contributed by atoms with Crippen LogP contribution in [0.25, 0.3) is 0 Å². The highest BCUT2D eigenvalue weighted by atomic mass is 79.9. The third-order valence-corrected chi connectivity index (χ3v) is 3.02. The minimum Gasteiger partial charge on any atom is -0.482 e. The van der Waals surface area contributed by atoms with E-state index in [2.05, 4.69) is 21.2 Å². The number of amides is 1. The van der Waals surface area contributed by atoms with Crippen LogP contribution < -0.4 is 10.1 Å². The van der Waals surface area contributed by atoms with Crippen molar-refractivity contribution >= 4 is 27.5 Å². The lowest BCUT2D eigenvalue weighted by molar-refractivity contribution is -0.118. The summed E-state index contributed by atoms with van der Waals surface area (Å²) in [6, 6.07) is 9.42. The molecule has 0 aliphatic rings. The van der Waals surface area contributed by atoms with Crippen LogP contribution in [0.15, 0.2) is 46.9 Å². The lowest BCUT2D eigenvalue weighted by Crippen LogP contribution is -2.20. The molecule has 0 saturated carbocycles. The molecule has 0 radical (unpaired) electrons. The third-order valence-electron chi connectivity index (χ3n) is 2.36. The number of nitrogens with one attached hydrogen (secondary N) is 1. The molecular weight excluding hydrogens is 332 g/mol. The summed E-state index contributed by atoms with van der Waals surface area (Å²) < 4.78 is 31.7. The van der Waals surface area contributed by atoms with E-state index in [1.54, 1.807) is 6.07 Å². The Morgan fingerprint density at radius 1 is 1.15 bits per heavy atom. The summed E-state index contributed by atoms with van der Waals surface area (Å²) >= 11 is 3.18. The molecule has 2 aromatic carbocycles. The summed E-state index contributed by atoms with van der Waals surface area (Å²) in [5.41, 5.74) is 0.330. The lowest BCUT2D eigenvalue weighted by atomic mass is 10.3. The van der Waals surface area contributed by atoms with E-state index in [1.807, 2.05) is 0 Å². The van der Waals surface area contributed by atoms with Gasteiger partial charge in [0, 0.05) is 11.8 Å². The van der Waals surface area contributed by atoms with Gasteiger partial charge in [0.25, 0.3) is 5.91 Å². The van der Waals surface area contributed by atoms with Crippen LogP contribution in [0.2, 0.25) is 0 Å². The van der Waals surface area contributed by atoms with Crippen molar-refractivity contribution in [1.29, 1.82) is 0 Å². The molecule has 2 aromatic rings. The first-order valence-corrected chi connectivity index (χ1v) is 6.47. The predicted molar refractivity (Wildman–Crippen MR) is 74.6 cm³/mol. The first-order valence-electron chi connectivity index (χ1n) is 5.68. The Hall–Kier alpha value is -1.95. The number of ether oxygens (including phenoxy) is 1. The van der Waals surface area contributed by atoms with Gasteiger partial charge in [-0.2, -0.15) is 0 Å². The minimum absolute atomic E-state index is 0.222. The summed E-state index contributed by atoms with van der Waals surface area (Å²) in [5.74, 6) is -1.16. The zero-order valence-electron chi connectivity index (χ0n) is 10.2. The quantitative estimate of drug-likeness (QED) is 0.919. The predicted octanol–water partition coefficient (Wildman–Crippen LogP) is 3.74. The van der Waals surface area contributed by atoms with Crippen molar-refractivity contribution < 1.29 is 18.3 Å². The summed E-state index contributed by atoms with van der Waals surface area (Å²) in [7, 11) is 0. The minimum atomic E-state index is -0.466. The van der Waals surface area contributed by atoms with Crippen LogP contribution in [-0.2, 0) is 4.79 Å². The molecule has 2 rings (SSSR count). The van der Waals surface area contributed by atoms with E-state index in [1.165, 1.54) is 36.4 Å². The van der Waals surface area contributed by atoms with Gasteiger partial charge in [0.2, 0.25) is 0 Å². The molecule has 0 bridgehead atoms. The fourth-order valence-corrected chi connectivity index (χ4v) is 1.86. The molecule has 0 aromatic heterocycles. The summed E-state index contributed by atoms with van der Waals surface area (Å²) in [5, 5.41) is 2.47. The summed E-state index contributed by atoms with van der Waals surface area (Å²) in [6.07, 6.45) is 0. The van der Waals surface area contributed by atoms with Gasteiger partial charge in [-0.05, 0) is 46.3 Å². The van der Waals surface area contributed by atoms with Gasteiger partial charge in [0.1, 0.15) is 17.4 Å². The van der Waals surface area contributed by atoms with Crippen molar-refractivity contribution in [3.05, 3.63) is 58.6 Å². The number of hydrogen-bond acceptors (Lipinski definition) is 2. The van der Waals surface area contributed by atoms with E-state index in [9.17, 15) is 13.6 Å². The van der Waals surface area contributed by atoms with E-state index >= 15 is 0 Å². The number of benzene rings is 2. The van der Waals surface area contributed by atoms with Gasteiger partial charge < -0.3 is 10.1 Å². The Balaban J connectivity index is 1.94. The molecule has 0 fully saturated rings. The highest BCUT2D eigenvalue weighted by Crippen LogP contribution is 2.25. The molecule has 1 N–H and O–H groups in total. The molecule has 0 unspecified atom stereocenters. The zero-order chi connectivity index (χ0) is 14.5. The molecule has 6 heteroatoms. The highest BCUT2D eigenvalue weighted by Gasteiger charge is 2.07. The molecular formula is C14H10BrF2NO2. The van der Waals surface area contributed by atoms with Crippen molar-refractivity contribution in [2.24, 2.45) is 0 Å². The second-order valence-electron chi connectivity index (χ2n) is 3.92. The van der Waals surface area contributed by atoms with Gasteiger partial charge >= 0.3 is 0 Å². The number of anilines is 1. The molecule has 3 nitrogen and oxygen atoms in total. The van der Waals surface area contributed by atoms with E-state index in [-0.39, 0.29) is 12.4 Å². The molecule has 1 amide bonds. The summed E-state index contributed by atoms with van der Waals surface area (Å²) in [6.45, 7) is -0.307. The van der Waals surface area contributed by atoms with Crippen LogP contribution in [-0.4, -0.2) is 12.5 Å². The van der Waals surface area contributed by atoms with Gasteiger partial charge in [-0.15, -0.1) is 0 Å². The van der Waals surface area contributed by atoms with Crippen LogP contribution in [0.4, 0.5) is 14.5 Å². The maximum absolute atomic E-state index is 13.0. The van der Waals surface area contributed by atoms with Crippen LogP contribution in [0.5, 0.6) is 5.75 Å². The Morgan fingerprint density at radius 2 is 1.90 bits per heavy atom. The maximum atomic E-state index is 13.0. The first-order chi connectivity index (χ1) is 9.54. The largest absolute Gasteiger partial charge is 0.482 e. The molecule has 104 valence electrons. The van der Waals surface area contributed by atoms with Crippen molar-refractivity contribution in [3.63, 3.8) is 0 Å².